The summed E-state index contributed by atoms with van der Waals surface area (Å²) in [6.07, 6.45) is 0.886. The van der Waals surface area contributed by atoms with E-state index in [0.29, 0.717) is 19.4 Å². The average Bonchev–Trinajstić information content (AvgIpc) is 2.36. The van der Waals surface area contributed by atoms with Gasteiger partial charge in [0.15, 0.2) is 0 Å². The fraction of sp³-hybridized carbons (Fsp3) is 0.429. The van der Waals surface area contributed by atoms with Crippen LogP contribution in [0, 0.1) is 5.92 Å². The van der Waals surface area contributed by atoms with Gasteiger partial charge in [0.2, 0.25) is 0 Å². The van der Waals surface area contributed by atoms with E-state index in [1.165, 1.54) is 0 Å². The molecule has 1 saturated heterocycles. The highest BCUT2D eigenvalue weighted by molar-refractivity contribution is 9.10. The number of carboxylic acids is 1. The molecule has 1 heterocycles. The van der Waals surface area contributed by atoms with Crippen molar-refractivity contribution in [2.45, 2.75) is 18.9 Å². The lowest BCUT2D eigenvalue weighted by Crippen LogP contribution is -2.52. The predicted molar refractivity (Wildman–Crippen MR) is 75.0 cm³/mol. The van der Waals surface area contributed by atoms with Gasteiger partial charge in [-0.05, 0) is 25.1 Å². The van der Waals surface area contributed by atoms with Gasteiger partial charge in [0.1, 0.15) is 11.8 Å². The van der Waals surface area contributed by atoms with Crippen LogP contribution < -0.4 is 0 Å². The summed E-state index contributed by atoms with van der Waals surface area (Å²) in [6.45, 7) is 0.516. The number of benzene rings is 1. The predicted octanol–water partition coefficient (Wildman–Crippen LogP) is 1.97. The Balaban J connectivity index is 2.26. The minimum Gasteiger partial charge on any atom is -0.480 e. The zero-order chi connectivity index (χ0) is 14.0. The number of piperidine rings is 1. The van der Waals surface area contributed by atoms with Gasteiger partial charge in [-0.15, -0.1) is 0 Å². The van der Waals surface area contributed by atoms with Crippen LogP contribution in [0.4, 0.5) is 0 Å². The zero-order valence-corrected chi connectivity index (χ0v) is 12.3. The van der Waals surface area contributed by atoms with Crippen molar-refractivity contribution in [3.8, 4) is 0 Å². The molecule has 0 saturated carbocycles. The molecule has 1 aliphatic heterocycles. The van der Waals surface area contributed by atoms with Gasteiger partial charge in [0.05, 0.1) is 0 Å². The molecule has 1 N–H and O–H groups in total. The van der Waals surface area contributed by atoms with E-state index >= 15 is 0 Å². The first-order valence-corrected chi connectivity index (χ1v) is 6.99. The van der Waals surface area contributed by atoms with Gasteiger partial charge in [-0.3, -0.25) is 14.5 Å². The van der Waals surface area contributed by atoms with Crippen LogP contribution >= 0.6 is 15.9 Å². The van der Waals surface area contributed by atoms with Crippen LogP contribution in [-0.4, -0.2) is 41.4 Å². The Morgan fingerprint density at radius 1 is 1.47 bits per heavy atom. The second-order valence-corrected chi connectivity index (χ2v) is 5.74. The maximum absolute atomic E-state index is 12.1. The molecule has 5 heteroatoms. The summed E-state index contributed by atoms with van der Waals surface area (Å²) in [6, 6.07) is 6.89. The SMILES string of the molecule is CN1CCC(=O)C(Cc2ccccc2Br)C1C(=O)O. The Morgan fingerprint density at radius 3 is 2.79 bits per heavy atom. The summed E-state index contributed by atoms with van der Waals surface area (Å²) >= 11 is 3.44. The first kappa shape index (κ1) is 14.2. The fourth-order valence-corrected chi connectivity index (χ4v) is 3.03. The van der Waals surface area contributed by atoms with E-state index in [1.54, 1.807) is 11.9 Å². The molecule has 0 aromatic heterocycles. The first-order chi connectivity index (χ1) is 9.00. The Bertz CT molecular complexity index is 503. The van der Waals surface area contributed by atoms with Crippen molar-refractivity contribution < 1.29 is 14.7 Å². The van der Waals surface area contributed by atoms with Crippen molar-refractivity contribution in [3.63, 3.8) is 0 Å². The number of rotatable bonds is 3. The van der Waals surface area contributed by atoms with Crippen molar-refractivity contribution in [2.75, 3.05) is 13.6 Å². The second-order valence-electron chi connectivity index (χ2n) is 4.88. The summed E-state index contributed by atoms with van der Waals surface area (Å²) < 4.78 is 0.917. The standard InChI is InChI=1S/C14H16BrNO3/c1-16-7-6-12(17)10(13(16)14(18)19)8-9-4-2-3-5-11(9)15/h2-5,10,13H,6-8H2,1H3,(H,18,19). The van der Waals surface area contributed by atoms with E-state index in [9.17, 15) is 14.7 Å². The third-order valence-corrected chi connectivity index (χ3v) is 4.40. The number of hydrogen-bond donors (Lipinski definition) is 1. The van der Waals surface area contributed by atoms with Gasteiger partial charge in [0, 0.05) is 23.4 Å². The maximum Gasteiger partial charge on any atom is 0.321 e. The van der Waals surface area contributed by atoms with Crippen molar-refractivity contribution in [2.24, 2.45) is 5.92 Å². The van der Waals surface area contributed by atoms with Crippen LogP contribution in [0.25, 0.3) is 0 Å². The van der Waals surface area contributed by atoms with Crippen molar-refractivity contribution in [1.29, 1.82) is 0 Å². The Kier molecular flexibility index (Phi) is 4.37. The molecular weight excluding hydrogens is 310 g/mol. The quantitative estimate of drug-likeness (QED) is 0.923. The van der Waals surface area contributed by atoms with Crippen LogP contribution in [0.1, 0.15) is 12.0 Å². The van der Waals surface area contributed by atoms with Gasteiger partial charge in [-0.25, -0.2) is 0 Å². The third kappa shape index (κ3) is 3.04. The van der Waals surface area contributed by atoms with Crippen LogP contribution in [0.15, 0.2) is 28.7 Å². The number of likely N-dealkylation sites (tertiary alicyclic amines) is 1. The van der Waals surface area contributed by atoms with Gasteiger partial charge < -0.3 is 5.11 Å². The van der Waals surface area contributed by atoms with E-state index in [0.717, 1.165) is 10.0 Å². The van der Waals surface area contributed by atoms with E-state index in [4.69, 9.17) is 0 Å². The molecule has 1 aliphatic rings. The summed E-state index contributed by atoms with van der Waals surface area (Å²) in [7, 11) is 1.76. The number of likely N-dealkylation sites (N-methyl/N-ethyl adjacent to an activating group) is 1. The summed E-state index contributed by atoms with van der Waals surface area (Å²) in [5, 5.41) is 9.34. The Labute approximate surface area is 120 Å². The Hall–Kier alpha value is -1.20. The molecule has 0 radical (unpaired) electrons. The molecule has 1 fully saturated rings. The molecule has 0 spiro atoms. The molecular formula is C14H16BrNO3. The number of ketones is 1. The van der Waals surface area contributed by atoms with E-state index in [-0.39, 0.29) is 5.78 Å². The number of hydrogen-bond acceptors (Lipinski definition) is 3. The molecule has 0 bridgehead atoms. The number of carboxylic acid groups (broad SMARTS) is 1. The second kappa shape index (κ2) is 5.84. The van der Waals surface area contributed by atoms with E-state index in [1.807, 2.05) is 24.3 Å². The Morgan fingerprint density at radius 2 is 2.16 bits per heavy atom. The highest BCUT2D eigenvalue weighted by Crippen LogP contribution is 2.27. The molecule has 4 nitrogen and oxygen atoms in total. The number of carbonyl (C=O) groups excluding carboxylic acids is 1. The van der Waals surface area contributed by atoms with Crippen LogP contribution in [0.5, 0.6) is 0 Å². The normalized spacial score (nSPS) is 24.4. The van der Waals surface area contributed by atoms with Gasteiger partial charge in [0.25, 0.3) is 0 Å². The smallest absolute Gasteiger partial charge is 0.321 e. The lowest BCUT2D eigenvalue weighted by molar-refractivity contribution is -0.150. The lowest BCUT2D eigenvalue weighted by atomic mass is 9.83. The molecule has 2 rings (SSSR count). The van der Waals surface area contributed by atoms with E-state index in [2.05, 4.69) is 15.9 Å². The maximum atomic E-state index is 12.1. The minimum atomic E-state index is -0.924. The molecule has 102 valence electrons. The first-order valence-electron chi connectivity index (χ1n) is 6.20. The largest absolute Gasteiger partial charge is 0.480 e. The number of halogens is 1. The number of aliphatic carboxylic acids is 1. The summed E-state index contributed by atoms with van der Waals surface area (Å²) in [5.41, 5.74) is 0.974. The summed E-state index contributed by atoms with van der Waals surface area (Å²) in [4.78, 5) is 25.2. The fourth-order valence-electron chi connectivity index (χ4n) is 2.58. The molecule has 1 aromatic rings. The van der Waals surface area contributed by atoms with Crippen LogP contribution in [0.2, 0.25) is 0 Å². The lowest BCUT2D eigenvalue weighted by Gasteiger charge is -2.35. The van der Waals surface area contributed by atoms with Crippen molar-refractivity contribution in [1.82, 2.24) is 4.90 Å². The molecule has 2 atom stereocenters. The zero-order valence-electron chi connectivity index (χ0n) is 10.7. The van der Waals surface area contributed by atoms with Gasteiger partial charge in [-0.2, -0.15) is 0 Å². The van der Waals surface area contributed by atoms with Crippen molar-refractivity contribution >= 4 is 27.7 Å². The van der Waals surface area contributed by atoms with Gasteiger partial charge in [-0.1, -0.05) is 34.1 Å². The minimum absolute atomic E-state index is 0.0428. The van der Waals surface area contributed by atoms with Crippen molar-refractivity contribution in [3.05, 3.63) is 34.3 Å². The monoisotopic (exact) mass is 325 g/mol. The molecule has 0 amide bonds. The molecule has 19 heavy (non-hydrogen) atoms. The topological polar surface area (TPSA) is 57.6 Å². The number of carbonyl (C=O) groups is 2. The number of nitrogens with zero attached hydrogens (tertiary/aromatic N) is 1. The molecule has 1 aromatic carbocycles. The molecule has 2 unspecified atom stereocenters. The van der Waals surface area contributed by atoms with E-state index < -0.39 is 17.9 Å². The van der Waals surface area contributed by atoms with Crippen LogP contribution in [0.3, 0.4) is 0 Å². The average molecular weight is 326 g/mol. The number of Topliss-reactive ketones (excluding diaryl/α,β-unsaturated/α-hetero) is 1. The van der Waals surface area contributed by atoms with Gasteiger partial charge >= 0.3 is 5.97 Å². The van der Waals surface area contributed by atoms with Crippen LogP contribution in [-0.2, 0) is 16.0 Å². The summed E-state index contributed by atoms with van der Waals surface area (Å²) in [5.74, 6) is -1.36. The molecule has 0 aliphatic carbocycles. The third-order valence-electron chi connectivity index (χ3n) is 3.63. The highest BCUT2D eigenvalue weighted by Gasteiger charge is 2.40. The highest BCUT2D eigenvalue weighted by atomic mass is 79.9.